The standard InChI is InChI=1S/C28H29Cl2FN2O2S/c1-2-14-32-28(35)26(16-20-8-4-3-5-9-20)33(17-22-10-6-7-11-25(22)31)27(34)19-36-18-21-12-13-23(29)24(30)15-21/h3-13,15,26H,2,14,16-19H2,1H3,(H,32,35)/t26-/m1/s1. The van der Waals surface area contributed by atoms with Crippen LogP contribution in [0.15, 0.2) is 72.8 Å². The number of nitrogens with zero attached hydrogens (tertiary/aromatic N) is 1. The van der Waals surface area contributed by atoms with Crippen LogP contribution in [-0.2, 0) is 28.3 Å². The summed E-state index contributed by atoms with van der Waals surface area (Å²) in [5.74, 6) is -0.232. The highest BCUT2D eigenvalue weighted by Crippen LogP contribution is 2.25. The molecule has 0 aliphatic carbocycles. The van der Waals surface area contributed by atoms with Gasteiger partial charge in [0.2, 0.25) is 11.8 Å². The van der Waals surface area contributed by atoms with E-state index >= 15 is 0 Å². The molecule has 36 heavy (non-hydrogen) atoms. The number of rotatable bonds is 12. The normalized spacial score (nSPS) is 11.7. The van der Waals surface area contributed by atoms with Crippen molar-refractivity contribution in [1.82, 2.24) is 10.2 Å². The molecule has 0 unspecified atom stereocenters. The number of carbonyl (C=O) groups is 2. The van der Waals surface area contributed by atoms with Crippen LogP contribution in [0.2, 0.25) is 10.0 Å². The van der Waals surface area contributed by atoms with E-state index in [1.807, 2.05) is 43.3 Å². The summed E-state index contributed by atoms with van der Waals surface area (Å²) in [5, 5.41) is 3.85. The van der Waals surface area contributed by atoms with Gasteiger partial charge >= 0.3 is 0 Å². The van der Waals surface area contributed by atoms with E-state index in [9.17, 15) is 14.0 Å². The molecule has 3 rings (SSSR count). The maximum Gasteiger partial charge on any atom is 0.243 e. The van der Waals surface area contributed by atoms with Crippen LogP contribution < -0.4 is 5.32 Å². The lowest BCUT2D eigenvalue weighted by molar-refractivity contribution is -0.139. The van der Waals surface area contributed by atoms with E-state index in [-0.39, 0.29) is 24.1 Å². The van der Waals surface area contributed by atoms with Crippen molar-refractivity contribution in [2.75, 3.05) is 12.3 Å². The summed E-state index contributed by atoms with van der Waals surface area (Å²) in [4.78, 5) is 28.3. The molecular formula is C28H29Cl2FN2O2S. The number of nitrogens with one attached hydrogen (secondary N) is 1. The van der Waals surface area contributed by atoms with Crippen LogP contribution in [0.3, 0.4) is 0 Å². The monoisotopic (exact) mass is 546 g/mol. The van der Waals surface area contributed by atoms with Crippen molar-refractivity contribution < 1.29 is 14.0 Å². The van der Waals surface area contributed by atoms with Gasteiger partial charge in [0.15, 0.2) is 0 Å². The number of hydrogen-bond acceptors (Lipinski definition) is 3. The van der Waals surface area contributed by atoms with Gasteiger partial charge in [0, 0.05) is 30.8 Å². The largest absolute Gasteiger partial charge is 0.354 e. The van der Waals surface area contributed by atoms with Gasteiger partial charge < -0.3 is 10.2 Å². The second-order valence-electron chi connectivity index (χ2n) is 8.35. The van der Waals surface area contributed by atoms with Crippen LogP contribution in [0.25, 0.3) is 0 Å². The molecule has 1 atom stereocenters. The van der Waals surface area contributed by atoms with Gasteiger partial charge in [-0.3, -0.25) is 9.59 Å². The number of hydrogen-bond donors (Lipinski definition) is 1. The van der Waals surface area contributed by atoms with Gasteiger partial charge in [0.05, 0.1) is 15.8 Å². The fourth-order valence-electron chi connectivity index (χ4n) is 3.70. The van der Waals surface area contributed by atoms with Crippen molar-refractivity contribution in [3.05, 3.63) is 105 Å². The molecule has 3 aromatic rings. The zero-order chi connectivity index (χ0) is 25.9. The first-order valence-electron chi connectivity index (χ1n) is 11.7. The van der Waals surface area contributed by atoms with E-state index < -0.39 is 11.9 Å². The van der Waals surface area contributed by atoms with Crippen molar-refractivity contribution in [3.8, 4) is 0 Å². The molecule has 2 amide bonds. The van der Waals surface area contributed by atoms with Gasteiger partial charge in [0.25, 0.3) is 0 Å². The third-order valence-corrected chi connectivity index (χ3v) is 7.32. The highest BCUT2D eigenvalue weighted by molar-refractivity contribution is 7.99. The van der Waals surface area contributed by atoms with Crippen molar-refractivity contribution in [2.45, 2.75) is 38.1 Å². The molecule has 0 aliphatic rings. The summed E-state index contributed by atoms with van der Waals surface area (Å²) in [7, 11) is 0. The third kappa shape index (κ3) is 8.26. The molecule has 0 aromatic heterocycles. The van der Waals surface area contributed by atoms with Gasteiger partial charge in [-0.15, -0.1) is 11.8 Å². The maximum atomic E-state index is 14.6. The summed E-state index contributed by atoms with van der Waals surface area (Å²) in [6, 6.07) is 20.4. The summed E-state index contributed by atoms with van der Waals surface area (Å²) in [5.41, 5.74) is 2.22. The minimum absolute atomic E-state index is 0.00408. The van der Waals surface area contributed by atoms with E-state index in [0.717, 1.165) is 17.5 Å². The van der Waals surface area contributed by atoms with Gasteiger partial charge in [-0.1, -0.05) is 84.7 Å². The Labute approximate surface area is 226 Å². The first kappa shape index (κ1) is 28.0. The average Bonchev–Trinajstić information content (AvgIpc) is 2.88. The molecule has 0 saturated heterocycles. The van der Waals surface area contributed by atoms with E-state index in [1.54, 1.807) is 30.3 Å². The Morgan fingerprint density at radius 3 is 2.39 bits per heavy atom. The summed E-state index contributed by atoms with van der Waals surface area (Å²) < 4.78 is 14.6. The zero-order valence-corrected chi connectivity index (χ0v) is 22.4. The van der Waals surface area contributed by atoms with E-state index in [0.29, 0.717) is 34.3 Å². The minimum Gasteiger partial charge on any atom is -0.354 e. The maximum absolute atomic E-state index is 14.6. The Hall–Kier alpha value is -2.54. The molecule has 0 radical (unpaired) electrons. The van der Waals surface area contributed by atoms with Crippen molar-refractivity contribution in [3.63, 3.8) is 0 Å². The molecule has 190 valence electrons. The van der Waals surface area contributed by atoms with Crippen LogP contribution in [0, 0.1) is 5.82 Å². The summed E-state index contributed by atoms with van der Waals surface area (Å²) in [6.07, 6.45) is 1.10. The molecule has 0 bridgehead atoms. The minimum atomic E-state index is -0.781. The van der Waals surface area contributed by atoms with Crippen LogP contribution in [0.4, 0.5) is 4.39 Å². The predicted octanol–water partition coefficient (Wildman–Crippen LogP) is 6.53. The number of amides is 2. The summed E-state index contributed by atoms with van der Waals surface area (Å²) >= 11 is 13.5. The lowest BCUT2D eigenvalue weighted by Gasteiger charge is -2.31. The smallest absolute Gasteiger partial charge is 0.243 e. The van der Waals surface area contributed by atoms with Crippen molar-refractivity contribution >= 4 is 46.8 Å². The summed E-state index contributed by atoms with van der Waals surface area (Å²) in [6.45, 7) is 2.46. The average molecular weight is 548 g/mol. The Bertz CT molecular complexity index is 1160. The van der Waals surface area contributed by atoms with Crippen molar-refractivity contribution in [1.29, 1.82) is 0 Å². The number of carbonyl (C=O) groups excluding carboxylic acids is 2. The van der Waals surface area contributed by atoms with Crippen LogP contribution in [0.1, 0.15) is 30.0 Å². The van der Waals surface area contributed by atoms with Gasteiger partial charge in [-0.2, -0.15) is 0 Å². The fraction of sp³-hybridized carbons (Fsp3) is 0.286. The SMILES string of the molecule is CCCNC(=O)[C@@H](Cc1ccccc1)N(Cc1ccccc1F)C(=O)CSCc1ccc(Cl)c(Cl)c1. The molecule has 0 saturated carbocycles. The van der Waals surface area contributed by atoms with E-state index in [2.05, 4.69) is 5.32 Å². The molecule has 0 spiro atoms. The molecule has 0 fully saturated rings. The van der Waals surface area contributed by atoms with Crippen molar-refractivity contribution in [2.24, 2.45) is 0 Å². The lowest BCUT2D eigenvalue weighted by atomic mass is 10.0. The highest BCUT2D eigenvalue weighted by atomic mass is 35.5. The molecule has 0 heterocycles. The Balaban J connectivity index is 1.84. The zero-order valence-electron chi connectivity index (χ0n) is 20.1. The van der Waals surface area contributed by atoms with Gasteiger partial charge in [0.1, 0.15) is 11.9 Å². The molecule has 4 nitrogen and oxygen atoms in total. The van der Waals surface area contributed by atoms with E-state index in [4.69, 9.17) is 23.2 Å². The Morgan fingerprint density at radius 1 is 0.972 bits per heavy atom. The predicted molar refractivity (Wildman–Crippen MR) is 147 cm³/mol. The third-order valence-electron chi connectivity index (χ3n) is 5.60. The van der Waals surface area contributed by atoms with E-state index in [1.165, 1.54) is 22.7 Å². The topological polar surface area (TPSA) is 49.4 Å². The van der Waals surface area contributed by atoms with Crippen LogP contribution >= 0.6 is 35.0 Å². The second kappa shape index (κ2) is 14.3. The van der Waals surface area contributed by atoms with Crippen LogP contribution in [-0.4, -0.2) is 35.1 Å². The number of thioether (sulfide) groups is 1. The van der Waals surface area contributed by atoms with Gasteiger partial charge in [-0.25, -0.2) is 4.39 Å². The molecule has 8 heteroatoms. The second-order valence-corrected chi connectivity index (χ2v) is 10.2. The van der Waals surface area contributed by atoms with Crippen LogP contribution in [0.5, 0.6) is 0 Å². The molecular weight excluding hydrogens is 518 g/mol. The molecule has 1 N–H and O–H groups in total. The number of halogens is 3. The first-order chi connectivity index (χ1) is 17.4. The quantitative estimate of drug-likeness (QED) is 0.281. The fourth-order valence-corrected chi connectivity index (χ4v) is 4.88. The lowest BCUT2D eigenvalue weighted by Crippen LogP contribution is -2.51. The Kier molecular flexibility index (Phi) is 11.1. The molecule has 0 aliphatic heterocycles. The highest BCUT2D eigenvalue weighted by Gasteiger charge is 2.30. The first-order valence-corrected chi connectivity index (χ1v) is 13.7. The van der Waals surface area contributed by atoms with Gasteiger partial charge in [-0.05, 0) is 35.7 Å². The number of benzene rings is 3. The molecule has 3 aromatic carbocycles. The Morgan fingerprint density at radius 2 is 1.69 bits per heavy atom.